The molecule has 0 bridgehead atoms. The highest BCUT2D eigenvalue weighted by atomic mass is 16.5. The molecule has 0 spiro atoms. The van der Waals surface area contributed by atoms with Gasteiger partial charge in [-0.05, 0) is 59.3 Å². The lowest BCUT2D eigenvalue weighted by atomic mass is 10.1. The number of para-hydroxylation sites is 1. The lowest BCUT2D eigenvalue weighted by molar-refractivity contribution is 0.0698. The molecule has 0 aromatic heterocycles. The van der Waals surface area contributed by atoms with Gasteiger partial charge in [-0.3, -0.25) is 4.79 Å². The van der Waals surface area contributed by atoms with Gasteiger partial charge in [0.15, 0.2) is 0 Å². The highest BCUT2D eigenvalue weighted by Gasteiger charge is 2.13. The first-order valence-corrected chi connectivity index (χ1v) is 9.00. The number of carboxylic acid groups (broad SMARTS) is 1. The van der Waals surface area contributed by atoms with E-state index in [1.165, 1.54) is 6.07 Å². The van der Waals surface area contributed by atoms with Gasteiger partial charge in [-0.25, -0.2) is 4.79 Å². The number of carbonyl (C=O) groups excluding carboxylic acids is 1. The molecule has 0 saturated carbocycles. The molecule has 0 heterocycles. The summed E-state index contributed by atoms with van der Waals surface area (Å²) in [4.78, 5) is 23.7. The predicted octanol–water partition coefficient (Wildman–Crippen LogP) is 5.58. The van der Waals surface area contributed by atoms with Crippen molar-refractivity contribution in [2.24, 2.45) is 0 Å². The van der Waals surface area contributed by atoms with Gasteiger partial charge < -0.3 is 15.2 Å². The van der Waals surface area contributed by atoms with Crippen LogP contribution in [0.4, 0.5) is 5.69 Å². The second kappa shape index (κ2) is 7.86. The maximum atomic E-state index is 12.5. The number of anilines is 1. The van der Waals surface area contributed by atoms with Crippen LogP contribution in [0.25, 0.3) is 10.8 Å². The van der Waals surface area contributed by atoms with E-state index in [0.717, 1.165) is 10.8 Å². The topological polar surface area (TPSA) is 75.6 Å². The zero-order valence-electron chi connectivity index (χ0n) is 15.3. The van der Waals surface area contributed by atoms with E-state index in [0.29, 0.717) is 17.1 Å². The molecule has 1 amide bonds. The average Bonchev–Trinajstić information content (AvgIpc) is 2.74. The molecule has 5 heteroatoms. The summed E-state index contributed by atoms with van der Waals surface area (Å²) in [5.41, 5.74) is 0.689. The molecule has 4 aromatic rings. The Morgan fingerprint density at radius 1 is 0.724 bits per heavy atom. The zero-order valence-corrected chi connectivity index (χ0v) is 15.3. The quantitative estimate of drug-likeness (QED) is 0.471. The van der Waals surface area contributed by atoms with Crippen molar-refractivity contribution in [3.05, 3.63) is 102 Å². The number of carbonyl (C=O) groups is 2. The van der Waals surface area contributed by atoms with Gasteiger partial charge in [-0.2, -0.15) is 0 Å². The molecule has 0 aliphatic heterocycles. The van der Waals surface area contributed by atoms with E-state index >= 15 is 0 Å². The van der Waals surface area contributed by atoms with Crippen LogP contribution in [0.15, 0.2) is 91.0 Å². The van der Waals surface area contributed by atoms with E-state index in [-0.39, 0.29) is 11.3 Å². The lowest BCUT2D eigenvalue weighted by Gasteiger charge is -2.10. The minimum Gasteiger partial charge on any atom is -0.478 e. The fourth-order valence-electron chi connectivity index (χ4n) is 3.01. The first kappa shape index (κ1) is 18.3. The maximum Gasteiger partial charge on any atom is 0.337 e. The summed E-state index contributed by atoms with van der Waals surface area (Å²) in [6.07, 6.45) is 0. The Hall–Kier alpha value is -4.12. The van der Waals surface area contributed by atoms with Crippen molar-refractivity contribution in [1.82, 2.24) is 0 Å². The number of aromatic carboxylic acids is 1. The third-order valence-corrected chi connectivity index (χ3v) is 4.48. The van der Waals surface area contributed by atoms with Crippen molar-refractivity contribution in [1.29, 1.82) is 0 Å². The fraction of sp³-hybridized carbons (Fsp3) is 0. The Bertz CT molecular complexity index is 1200. The standard InChI is InChI=1S/C24H17NO4/c26-23(25-22-8-4-3-7-21(22)24(27)28)17-10-12-19(13-11-17)29-20-14-9-16-5-1-2-6-18(16)15-20/h1-15H,(H,25,26)(H,27,28). The molecular weight excluding hydrogens is 366 g/mol. The third-order valence-electron chi connectivity index (χ3n) is 4.48. The highest BCUT2D eigenvalue weighted by Crippen LogP contribution is 2.26. The number of carboxylic acids is 1. The number of nitrogens with one attached hydrogen (secondary N) is 1. The Kier molecular flexibility index (Phi) is 4.95. The van der Waals surface area contributed by atoms with Crippen LogP contribution in [-0.2, 0) is 0 Å². The highest BCUT2D eigenvalue weighted by molar-refractivity contribution is 6.07. The minimum atomic E-state index is -1.10. The maximum absolute atomic E-state index is 12.5. The number of ether oxygens (including phenoxy) is 1. The molecule has 0 radical (unpaired) electrons. The molecule has 5 nitrogen and oxygen atoms in total. The van der Waals surface area contributed by atoms with Crippen LogP contribution in [0.2, 0.25) is 0 Å². The van der Waals surface area contributed by atoms with Gasteiger partial charge in [-0.1, -0.05) is 42.5 Å². The smallest absolute Gasteiger partial charge is 0.337 e. The molecule has 2 N–H and O–H groups in total. The molecule has 0 aliphatic carbocycles. The van der Waals surface area contributed by atoms with Gasteiger partial charge in [0.25, 0.3) is 5.91 Å². The Balaban J connectivity index is 1.48. The van der Waals surface area contributed by atoms with Crippen LogP contribution in [0.5, 0.6) is 11.5 Å². The predicted molar refractivity (Wildman–Crippen MR) is 112 cm³/mol. The summed E-state index contributed by atoms with van der Waals surface area (Å²) < 4.78 is 5.88. The van der Waals surface area contributed by atoms with Gasteiger partial charge in [0, 0.05) is 5.56 Å². The van der Waals surface area contributed by atoms with Crippen LogP contribution in [-0.4, -0.2) is 17.0 Å². The number of amides is 1. The fourth-order valence-corrected chi connectivity index (χ4v) is 3.01. The zero-order chi connectivity index (χ0) is 20.2. The van der Waals surface area contributed by atoms with Crippen molar-refractivity contribution < 1.29 is 19.4 Å². The molecule has 0 fully saturated rings. The molecule has 142 valence electrons. The van der Waals surface area contributed by atoms with E-state index in [2.05, 4.69) is 5.32 Å². The number of fused-ring (bicyclic) bond motifs is 1. The molecule has 0 saturated heterocycles. The van der Waals surface area contributed by atoms with E-state index in [1.807, 2.05) is 42.5 Å². The van der Waals surface area contributed by atoms with E-state index in [1.54, 1.807) is 42.5 Å². The van der Waals surface area contributed by atoms with Gasteiger partial charge in [-0.15, -0.1) is 0 Å². The molecule has 0 aliphatic rings. The lowest BCUT2D eigenvalue weighted by Crippen LogP contribution is -2.14. The molecule has 4 aromatic carbocycles. The number of hydrogen-bond acceptors (Lipinski definition) is 3. The molecule has 0 unspecified atom stereocenters. The number of benzene rings is 4. The first-order chi connectivity index (χ1) is 14.1. The summed E-state index contributed by atoms with van der Waals surface area (Å²) in [6, 6.07) is 26.8. The minimum absolute atomic E-state index is 0.0390. The second-order valence-corrected chi connectivity index (χ2v) is 6.44. The number of rotatable bonds is 5. The third kappa shape index (κ3) is 4.09. The SMILES string of the molecule is O=C(Nc1ccccc1C(=O)O)c1ccc(Oc2ccc3ccccc3c2)cc1. The summed E-state index contributed by atoms with van der Waals surface area (Å²) in [5.74, 6) is -0.185. The molecular formula is C24H17NO4. The van der Waals surface area contributed by atoms with Crippen LogP contribution in [0.3, 0.4) is 0 Å². The van der Waals surface area contributed by atoms with E-state index in [4.69, 9.17) is 4.74 Å². The van der Waals surface area contributed by atoms with Crippen molar-refractivity contribution in [3.63, 3.8) is 0 Å². The Morgan fingerprint density at radius 2 is 1.38 bits per heavy atom. The van der Waals surface area contributed by atoms with Crippen molar-refractivity contribution in [3.8, 4) is 11.5 Å². The monoisotopic (exact) mass is 383 g/mol. The van der Waals surface area contributed by atoms with Crippen molar-refractivity contribution in [2.45, 2.75) is 0 Å². The summed E-state index contributed by atoms with van der Waals surface area (Å²) in [7, 11) is 0. The van der Waals surface area contributed by atoms with E-state index in [9.17, 15) is 14.7 Å². The van der Waals surface area contributed by atoms with E-state index < -0.39 is 11.9 Å². The molecule has 29 heavy (non-hydrogen) atoms. The first-order valence-electron chi connectivity index (χ1n) is 9.00. The Labute approximate surface area is 167 Å². The second-order valence-electron chi connectivity index (χ2n) is 6.44. The van der Waals surface area contributed by atoms with Crippen LogP contribution in [0.1, 0.15) is 20.7 Å². The van der Waals surface area contributed by atoms with Gasteiger partial charge in [0.05, 0.1) is 11.3 Å². The van der Waals surface area contributed by atoms with Gasteiger partial charge >= 0.3 is 5.97 Å². The summed E-state index contributed by atoms with van der Waals surface area (Å²) >= 11 is 0. The molecule has 0 atom stereocenters. The summed E-state index contributed by atoms with van der Waals surface area (Å²) in [6.45, 7) is 0. The van der Waals surface area contributed by atoms with Crippen molar-refractivity contribution >= 4 is 28.3 Å². The van der Waals surface area contributed by atoms with Crippen molar-refractivity contribution in [2.75, 3.05) is 5.32 Å². The van der Waals surface area contributed by atoms with Gasteiger partial charge in [0.1, 0.15) is 11.5 Å². The van der Waals surface area contributed by atoms with Gasteiger partial charge in [0.2, 0.25) is 0 Å². The molecule has 4 rings (SSSR count). The normalized spacial score (nSPS) is 10.5. The average molecular weight is 383 g/mol. The van der Waals surface area contributed by atoms with Crippen LogP contribution >= 0.6 is 0 Å². The summed E-state index contributed by atoms with van der Waals surface area (Å²) in [5, 5.41) is 14.1. The Morgan fingerprint density at radius 3 is 2.14 bits per heavy atom. The van der Waals surface area contributed by atoms with Crippen LogP contribution in [0, 0.1) is 0 Å². The largest absolute Gasteiger partial charge is 0.478 e. The number of hydrogen-bond donors (Lipinski definition) is 2. The van der Waals surface area contributed by atoms with Crippen LogP contribution < -0.4 is 10.1 Å².